The first-order valence-electron chi connectivity index (χ1n) is 8.92. The van der Waals surface area contributed by atoms with E-state index in [2.05, 4.69) is 15.6 Å². The summed E-state index contributed by atoms with van der Waals surface area (Å²) in [4.78, 5) is 29.5. The Labute approximate surface area is 170 Å². The highest BCUT2D eigenvalue weighted by Crippen LogP contribution is 2.31. The van der Waals surface area contributed by atoms with Crippen LogP contribution in [-0.4, -0.2) is 22.8 Å². The van der Waals surface area contributed by atoms with Crippen LogP contribution >= 0.6 is 11.3 Å². The number of hydrogen-bond acceptors (Lipinski definition) is 4. The number of nitrogens with one attached hydrogen (secondary N) is 2. The molecular formula is C21H19F2N3O2S. The minimum atomic E-state index is -0.955. The van der Waals surface area contributed by atoms with E-state index in [1.807, 2.05) is 6.07 Å². The highest BCUT2D eigenvalue weighted by atomic mass is 32.1. The van der Waals surface area contributed by atoms with Crippen LogP contribution in [-0.2, 0) is 4.79 Å². The second-order valence-electron chi connectivity index (χ2n) is 6.55. The van der Waals surface area contributed by atoms with Gasteiger partial charge in [-0.3, -0.25) is 9.59 Å². The Morgan fingerprint density at radius 1 is 1.10 bits per heavy atom. The number of amides is 2. The van der Waals surface area contributed by atoms with Gasteiger partial charge in [0.25, 0.3) is 5.91 Å². The summed E-state index contributed by atoms with van der Waals surface area (Å²) in [6, 6.07) is 11.9. The summed E-state index contributed by atoms with van der Waals surface area (Å²) >= 11 is 1.24. The van der Waals surface area contributed by atoms with Crippen molar-refractivity contribution in [2.45, 2.75) is 26.3 Å². The van der Waals surface area contributed by atoms with Crippen molar-refractivity contribution < 1.29 is 18.4 Å². The molecular weight excluding hydrogens is 396 g/mol. The van der Waals surface area contributed by atoms with Crippen LogP contribution in [0.15, 0.2) is 48.5 Å². The topological polar surface area (TPSA) is 71.1 Å². The summed E-state index contributed by atoms with van der Waals surface area (Å²) < 4.78 is 26.6. The molecule has 0 saturated heterocycles. The molecule has 0 saturated carbocycles. The first kappa shape index (κ1) is 20.6. The summed E-state index contributed by atoms with van der Waals surface area (Å²) in [5.74, 6) is -2.45. The molecule has 3 rings (SSSR count). The van der Waals surface area contributed by atoms with Gasteiger partial charge in [0.15, 0.2) is 16.8 Å². The van der Waals surface area contributed by atoms with Gasteiger partial charge in [0.1, 0.15) is 0 Å². The number of halogens is 2. The van der Waals surface area contributed by atoms with Gasteiger partial charge >= 0.3 is 0 Å². The molecule has 0 radical (unpaired) electrons. The fourth-order valence-corrected chi connectivity index (χ4v) is 3.61. The van der Waals surface area contributed by atoms with Crippen LogP contribution in [0.3, 0.4) is 0 Å². The van der Waals surface area contributed by atoms with Crippen LogP contribution in [0.4, 0.5) is 13.9 Å². The molecule has 0 unspecified atom stereocenters. The first-order valence-corrected chi connectivity index (χ1v) is 9.73. The molecule has 0 aliphatic carbocycles. The Hall–Kier alpha value is -3.13. The van der Waals surface area contributed by atoms with Crippen LogP contribution in [0.1, 0.15) is 28.6 Å². The Balaban J connectivity index is 1.61. The molecule has 2 amide bonds. The standard InChI is InChI=1S/C21H19F2N3O2S/c1-12(24-20(28)14-6-4-3-5-7-14)10-18(27)25-21-26-19(13(2)29-21)15-8-9-16(22)17(23)11-15/h3-9,11-12H,10H2,1-2H3,(H,24,28)(H,25,26,27)/t12-/m1/s1. The number of hydrogen-bond donors (Lipinski definition) is 2. The minimum Gasteiger partial charge on any atom is -0.349 e. The zero-order chi connectivity index (χ0) is 21.0. The Morgan fingerprint density at radius 2 is 1.83 bits per heavy atom. The first-order chi connectivity index (χ1) is 13.8. The molecule has 0 aliphatic rings. The molecule has 0 fully saturated rings. The van der Waals surface area contributed by atoms with Crippen molar-refractivity contribution in [3.8, 4) is 11.3 Å². The van der Waals surface area contributed by atoms with E-state index < -0.39 is 11.6 Å². The lowest BCUT2D eigenvalue weighted by Crippen LogP contribution is -2.35. The van der Waals surface area contributed by atoms with Gasteiger partial charge in [0, 0.05) is 28.5 Å². The summed E-state index contributed by atoms with van der Waals surface area (Å²) in [5.41, 5.74) is 1.43. The number of thiazole rings is 1. The summed E-state index contributed by atoms with van der Waals surface area (Å²) in [7, 11) is 0. The van der Waals surface area contributed by atoms with Gasteiger partial charge in [0.05, 0.1) is 5.69 Å². The molecule has 1 heterocycles. The third kappa shape index (κ3) is 5.23. The quantitative estimate of drug-likeness (QED) is 0.621. The molecule has 8 heteroatoms. The lowest BCUT2D eigenvalue weighted by Gasteiger charge is -2.13. The van der Waals surface area contributed by atoms with Crippen molar-refractivity contribution in [2.75, 3.05) is 5.32 Å². The maximum atomic E-state index is 13.5. The van der Waals surface area contributed by atoms with Crippen molar-refractivity contribution in [1.82, 2.24) is 10.3 Å². The molecule has 0 bridgehead atoms. The average molecular weight is 415 g/mol. The molecule has 1 aromatic heterocycles. The van der Waals surface area contributed by atoms with Crippen LogP contribution in [0, 0.1) is 18.6 Å². The predicted molar refractivity (Wildman–Crippen MR) is 109 cm³/mol. The van der Waals surface area contributed by atoms with Crippen LogP contribution in [0.2, 0.25) is 0 Å². The largest absolute Gasteiger partial charge is 0.349 e. The number of nitrogens with zero attached hydrogens (tertiary/aromatic N) is 1. The summed E-state index contributed by atoms with van der Waals surface area (Å²) in [6.07, 6.45) is 0.0672. The molecule has 2 N–H and O–H groups in total. The van der Waals surface area contributed by atoms with Crippen molar-refractivity contribution in [1.29, 1.82) is 0 Å². The maximum Gasteiger partial charge on any atom is 0.251 e. The zero-order valence-electron chi connectivity index (χ0n) is 15.8. The van der Waals surface area contributed by atoms with E-state index in [0.717, 1.165) is 17.0 Å². The lowest BCUT2D eigenvalue weighted by molar-refractivity contribution is -0.116. The lowest BCUT2D eigenvalue weighted by atomic mass is 10.1. The summed E-state index contributed by atoms with van der Waals surface area (Å²) in [5, 5.41) is 5.82. The van der Waals surface area contributed by atoms with Gasteiger partial charge in [-0.25, -0.2) is 13.8 Å². The fourth-order valence-electron chi connectivity index (χ4n) is 2.76. The van der Waals surface area contributed by atoms with Crippen molar-refractivity contribution in [3.63, 3.8) is 0 Å². The van der Waals surface area contributed by atoms with E-state index in [1.54, 1.807) is 38.1 Å². The molecule has 150 valence electrons. The Bertz CT molecular complexity index is 1040. The molecule has 0 spiro atoms. The number of carbonyl (C=O) groups is 2. The Kier molecular flexibility index (Phi) is 6.33. The molecule has 2 aromatic carbocycles. The van der Waals surface area contributed by atoms with Gasteiger partial charge in [-0.1, -0.05) is 18.2 Å². The second kappa shape index (κ2) is 8.91. The molecule has 29 heavy (non-hydrogen) atoms. The predicted octanol–water partition coefficient (Wildman–Crippen LogP) is 4.54. The van der Waals surface area contributed by atoms with E-state index >= 15 is 0 Å². The van der Waals surface area contributed by atoms with Gasteiger partial charge < -0.3 is 10.6 Å². The van der Waals surface area contributed by atoms with E-state index in [4.69, 9.17) is 0 Å². The van der Waals surface area contributed by atoms with Crippen molar-refractivity contribution in [3.05, 3.63) is 70.6 Å². The average Bonchev–Trinajstić information content (AvgIpc) is 3.04. The Morgan fingerprint density at radius 3 is 2.52 bits per heavy atom. The highest BCUT2D eigenvalue weighted by Gasteiger charge is 2.16. The van der Waals surface area contributed by atoms with Crippen LogP contribution in [0.5, 0.6) is 0 Å². The van der Waals surface area contributed by atoms with Crippen LogP contribution in [0.25, 0.3) is 11.3 Å². The zero-order valence-corrected chi connectivity index (χ0v) is 16.6. The van der Waals surface area contributed by atoms with Crippen molar-refractivity contribution >= 4 is 28.3 Å². The number of aryl methyl sites for hydroxylation is 1. The van der Waals surface area contributed by atoms with E-state index in [-0.39, 0.29) is 24.3 Å². The SMILES string of the molecule is Cc1sc(NC(=O)C[C@@H](C)NC(=O)c2ccccc2)nc1-c1ccc(F)c(F)c1. The maximum absolute atomic E-state index is 13.5. The molecule has 3 aromatic rings. The second-order valence-corrected chi connectivity index (χ2v) is 7.75. The fraction of sp³-hybridized carbons (Fsp3) is 0.190. The van der Waals surface area contributed by atoms with Gasteiger partial charge in [-0.15, -0.1) is 11.3 Å². The molecule has 0 aliphatic heterocycles. The number of carbonyl (C=O) groups excluding carboxylic acids is 2. The van der Waals surface area contributed by atoms with E-state index in [0.29, 0.717) is 22.0 Å². The van der Waals surface area contributed by atoms with Crippen molar-refractivity contribution in [2.24, 2.45) is 0 Å². The van der Waals surface area contributed by atoms with Gasteiger partial charge in [0.2, 0.25) is 5.91 Å². The van der Waals surface area contributed by atoms with Gasteiger partial charge in [-0.05, 0) is 44.2 Å². The van der Waals surface area contributed by atoms with Crippen LogP contribution < -0.4 is 10.6 Å². The number of rotatable bonds is 6. The van der Waals surface area contributed by atoms with E-state index in [9.17, 15) is 18.4 Å². The third-order valence-corrected chi connectivity index (χ3v) is 5.03. The highest BCUT2D eigenvalue weighted by molar-refractivity contribution is 7.16. The third-order valence-electron chi connectivity index (χ3n) is 4.14. The summed E-state index contributed by atoms with van der Waals surface area (Å²) in [6.45, 7) is 3.52. The minimum absolute atomic E-state index is 0.0672. The smallest absolute Gasteiger partial charge is 0.251 e. The number of aromatic nitrogens is 1. The van der Waals surface area contributed by atoms with Gasteiger partial charge in [-0.2, -0.15) is 0 Å². The molecule has 5 nitrogen and oxygen atoms in total. The normalized spacial score (nSPS) is 11.7. The molecule has 1 atom stereocenters. The number of benzene rings is 2. The van der Waals surface area contributed by atoms with E-state index in [1.165, 1.54) is 17.4 Å². The monoisotopic (exact) mass is 415 g/mol. The number of anilines is 1.